The molecule has 0 spiro atoms. The van der Waals surface area contributed by atoms with E-state index >= 15 is 0 Å². The first-order chi connectivity index (χ1) is 9.15. The van der Waals surface area contributed by atoms with Crippen LogP contribution in [0.1, 0.15) is 5.56 Å². The summed E-state index contributed by atoms with van der Waals surface area (Å²) >= 11 is 0. The summed E-state index contributed by atoms with van der Waals surface area (Å²) in [6, 6.07) is 7.65. The Morgan fingerprint density at radius 2 is 1.68 bits per heavy atom. The second-order valence-corrected chi connectivity index (χ2v) is 4.68. The van der Waals surface area contributed by atoms with Gasteiger partial charge in [-0.3, -0.25) is 0 Å². The van der Waals surface area contributed by atoms with Gasteiger partial charge >= 0.3 is 0 Å². The van der Waals surface area contributed by atoms with Gasteiger partial charge < -0.3 is 25.0 Å². The summed E-state index contributed by atoms with van der Waals surface area (Å²) in [6.07, 6.45) is -0.616. The van der Waals surface area contributed by atoms with Gasteiger partial charge in [0.2, 0.25) is 0 Å². The quantitative estimate of drug-likeness (QED) is 0.445. The average Bonchev–Trinajstić information content (AvgIpc) is 2.39. The zero-order valence-corrected chi connectivity index (χ0v) is 11.4. The van der Waals surface area contributed by atoms with Gasteiger partial charge in [-0.25, -0.2) is 0 Å². The van der Waals surface area contributed by atoms with Crippen molar-refractivity contribution in [3.63, 3.8) is 0 Å². The molecule has 0 radical (unpaired) electrons. The van der Waals surface area contributed by atoms with Crippen molar-refractivity contribution in [1.29, 1.82) is 0 Å². The van der Waals surface area contributed by atoms with E-state index in [1.807, 2.05) is 31.2 Å². The number of ether oxygens (including phenoxy) is 1. The Kier molecular flexibility index (Phi) is 7.43. The standard InChI is InChI=1S/C14H23NO4/c1-12-2-4-14(5-3-12)19-11-13(18)10-15(6-8-16)7-9-17/h2-5,13,16-18H,6-11H2,1H3/p+1/t13-/m1/s1. The highest BCUT2D eigenvalue weighted by atomic mass is 16.5. The Morgan fingerprint density at radius 3 is 2.21 bits per heavy atom. The van der Waals surface area contributed by atoms with Crippen LogP contribution in [0.3, 0.4) is 0 Å². The van der Waals surface area contributed by atoms with E-state index in [2.05, 4.69) is 0 Å². The van der Waals surface area contributed by atoms with Crippen molar-refractivity contribution in [2.45, 2.75) is 13.0 Å². The molecule has 0 unspecified atom stereocenters. The third kappa shape index (κ3) is 6.54. The molecule has 1 atom stereocenters. The van der Waals surface area contributed by atoms with E-state index in [0.29, 0.717) is 19.6 Å². The Hall–Kier alpha value is -1.14. The van der Waals surface area contributed by atoms with Crippen LogP contribution in [0.5, 0.6) is 5.75 Å². The molecule has 5 nitrogen and oxygen atoms in total. The largest absolute Gasteiger partial charge is 0.491 e. The summed E-state index contributed by atoms with van der Waals surface area (Å²) in [7, 11) is 0. The molecule has 0 saturated heterocycles. The lowest BCUT2D eigenvalue weighted by atomic mass is 10.2. The summed E-state index contributed by atoms with van der Waals surface area (Å²) < 4.78 is 5.49. The van der Waals surface area contributed by atoms with Crippen molar-refractivity contribution in [3.05, 3.63) is 29.8 Å². The Morgan fingerprint density at radius 1 is 1.11 bits per heavy atom. The zero-order valence-electron chi connectivity index (χ0n) is 11.4. The number of aliphatic hydroxyl groups excluding tert-OH is 3. The monoisotopic (exact) mass is 270 g/mol. The van der Waals surface area contributed by atoms with Crippen molar-refractivity contribution >= 4 is 0 Å². The molecule has 1 aromatic rings. The second kappa shape index (κ2) is 8.87. The molecular formula is C14H24NO4+. The molecule has 4 N–H and O–H groups in total. The first-order valence-corrected chi connectivity index (χ1v) is 6.58. The molecule has 5 heteroatoms. The molecular weight excluding hydrogens is 246 g/mol. The summed E-state index contributed by atoms with van der Waals surface area (Å²) in [5.74, 6) is 0.732. The number of rotatable bonds is 9. The number of benzene rings is 1. The summed E-state index contributed by atoms with van der Waals surface area (Å²) in [4.78, 5) is 0.963. The number of quaternary nitrogens is 1. The first-order valence-electron chi connectivity index (χ1n) is 6.58. The lowest BCUT2D eigenvalue weighted by molar-refractivity contribution is -0.903. The van der Waals surface area contributed by atoms with Crippen LogP contribution in [0, 0.1) is 6.92 Å². The first kappa shape index (κ1) is 15.9. The fourth-order valence-electron chi connectivity index (χ4n) is 1.86. The molecule has 0 aliphatic rings. The predicted molar refractivity (Wildman–Crippen MR) is 72.4 cm³/mol. The van der Waals surface area contributed by atoms with E-state index in [1.165, 1.54) is 0 Å². The van der Waals surface area contributed by atoms with Gasteiger partial charge in [0.1, 0.15) is 38.1 Å². The van der Waals surface area contributed by atoms with E-state index in [4.69, 9.17) is 14.9 Å². The van der Waals surface area contributed by atoms with Crippen molar-refractivity contribution in [1.82, 2.24) is 0 Å². The van der Waals surface area contributed by atoms with Crippen LogP contribution in [-0.2, 0) is 0 Å². The van der Waals surface area contributed by atoms with Gasteiger partial charge in [-0.1, -0.05) is 17.7 Å². The third-order valence-corrected chi connectivity index (χ3v) is 2.92. The molecule has 19 heavy (non-hydrogen) atoms. The van der Waals surface area contributed by atoms with Gasteiger partial charge in [0.25, 0.3) is 0 Å². The van der Waals surface area contributed by atoms with Gasteiger partial charge in [-0.05, 0) is 19.1 Å². The van der Waals surface area contributed by atoms with Gasteiger partial charge in [-0.2, -0.15) is 0 Å². The van der Waals surface area contributed by atoms with Crippen LogP contribution in [0.2, 0.25) is 0 Å². The third-order valence-electron chi connectivity index (χ3n) is 2.92. The van der Waals surface area contributed by atoms with Crippen LogP contribution in [-0.4, -0.2) is 60.9 Å². The predicted octanol–water partition coefficient (Wildman–Crippen LogP) is -1.40. The van der Waals surface area contributed by atoms with E-state index in [0.717, 1.165) is 16.2 Å². The number of nitrogens with one attached hydrogen (secondary N) is 1. The zero-order chi connectivity index (χ0) is 14.1. The molecule has 0 bridgehead atoms. The van der Waals surface area contributed by atoms with E-state index < -0.39 is 6.10 Å². The highest BCUT2D eigenvalue weighted by molar-refractivity contribution is 5.26. The number of hydrogen-bond acceptors (Lipinski definition) is 4. The Bertz CT molecular complexity index is 336. The second-order valence-electron chi connectivity index (χ2n) is 4.68. The fourth-order valence-corrected chi connectivity index (χ4v) is 1.86. The van der Waals surface area contributed by atoms with Crippen LogP contribution >= 0.6 is 0 Å². The maximum Gasteiger partial charge on any atom is 0.137 e. The SMILES string of the molecule is Cc1ccc(OC[C@H](O)C[NH+](CCO)CCO)cc1. The normalized spacial score (nSPS) is 12.7. The molecule has 0 aliphatic carbocycles. The van der Waals surface area contributed by atoms with Crippen LogP contribution in [0.15, 0.2) is 24.3 Å². The molecule has 0 amide bonds. The smallest absolute Gasteiger partial charge is 0.137 e. The van der Waals surface area contributed by atoms with Gasteiger partial charge in [0, 0.05) is 0 Å². The van der Waals surface area contributed by atoms with E-state index in [-0.39, 0.29) is 19.8 Å². The molecule has 1 aromatic carbocycles. The summed E-state index contributed by atoms with van der Waals surface area (Å²) in [5.41, 5.74) is 1.16. The summed E-state index contributed by atoms with van der Waals surface area (Å²) in [5, 5.41) is 27.7. The lowest BCUT2D eigenvalue weighted by Gasteiger charge is -2.20. The maximum absolute atomic E-state index is 9.88. The van der Waals surface area contributed by atoms with Crippen molar-refractivity contribution in [3.8, 4) is 5.75 Å². The number of hydrogen-bond donors (Lipinski definition) is 4. The van der Waals surface area contributed by atoms with Crippen molar-refractivity contribution in [2.24, 2.45) is 0 Å². The molecule has 0 saturated carbocycles. The van der Waals surface area contributed by atoms with Crippen molar-refractivity contribution < 1.29 is 25.0 Å². The van der Waals surface area contributed by atoms with Crippen LogP contribution in [0.25, 0.3) is 0 Å². The lowest BCUT2D eigenvalue weighted by Crippen LogP contribution is -3.14. The Labute approximate surface area is 114 Å². The number of aryl methyl sites for hydroxylation is 1. The van der Waals surface area contributed by atoms with Gasteiger partial charge in [-0.15, -0.1) is 0 Å². The molecule has 0 fully saturated rings. The van der Waals surface area contributed by atoms with E-state index in [9.17, 15) is 5.11 Å². The van der Waals surface area contributed by atoms with Crippen LogP contribution in [0.4, 0.5) is 0 Å². The highest BCUT2D eigenvalue weighted by Gasteiger charge is 2.14. The molecule has 1 rings (SSSR count). The Balaban J connectivity index is 2.33. The molecule has 0 aromatic heterocycles. The number of aliphatic hydroxyl groups is 3. The molecule has 108 valence electrons. The highest BCUT2D eigenvalue weighted by Crippen LogP contribution is 2.11. The molecule has 0 heterocycles. The topological polar surface area (TPSA) is 74.4 Å². The van der Waals surface area contributed by atoms with Gasteiger partial charge in [0.15, 0.2) is 0 Å². The maximum atomic E-state index is 9.88. The fraction of sp³-hybridized carbons (Fsp3) is 0.571. The summed E-state index contributed by atoms with van der Waals surface area (Å²) in [6.45, 7) is 3.78. The van der Waals surface area contributed by atoms with Crippen LogP contribution < -0.4 is 9.64 Å². The minimum Gasteiger partial charge on any atom is -0.491 e. The van der Waals surface area contributed by atoms with Crippen molar-refractivity contribution in [2.75, 3.05) is 39.5 Å². The molecule has 0 aliphatic heterocycles. The minimum absolute atomic E-state index is 0.0425. The van der Waals surface area contributed by atoms with E-state index in [1.54, 1.807) is 0 Å². The average molecular weight is 270 g/mol. The minimum atomic E-state index is -0.616. The van der Waals surface area contributed by atoms with Gasteiger partial charge in [0.05, 0.1) is 13.2 Å².